The van der Waals surface area contributed by atoms with Crippen LogP contribution in [-0.2, 0) is 16.1 Å². The van der Waals surface area contributed by atoms with Gasteiger partial charge in [-0.1, -0.05) is 30.3 Å². The third-order valence-electron chi connectivity index (χ3n) is 3.54. The van der Waals surface area contributed by atoms with Gasteiger partial charge in [0.25, 0.3) is 0 Å². The summed E-state index contributed by atoms with van der Waals surface area (Å²) >= 11 is 1.57. The van der Waals surface area contributed by atoms with Crippen LogP contribution in [0.25, 0.3) is 0 Å². The second-order valence-corrected chi connectivity index (χ2v) is 6.52. The van der Waals surface area contributed by atoms with Crippen LogP contribution in [0.1, 0.15) is 12.0 Å². The molecule has 0 heterocycles. The second kappa shape index (κ2) is 10.5. The SMILES string of the molecule is CSCC[C@H](NC(=O)OCc1ccccc1)C(=O)Nc1ccc(F)cc1. The highest BCUT2D eigenvalue weighted by molar-refractivity contribution is 7.98. The van der Waals surface area contributed by atoms with Gasteiger partial charge in [-0.2, -0.15) is 11.8 Å². The van der Waals surface area contributed by atoms with Crippen LogP contribution < -0.4 is 10.6 Å². The maximum Gasteiger partial charge on any atom is 0.408 e. The molecule has 0 aliphatic rings. The van der Waals surface area contributed by atoms with Crippen molar-refractivity contribution >= 4 is 29.4 Å². The van der Waals surface area contributed by atoms with E-state index in [9.17, 15) is 14.0 Å². The van der Waals surface area contributed by atoms with Crippen LogP contribution >= 0.6 is 11.8 Å². The number of carbonyl (C=O) groups is 2. The molecule has 2 rings (SSSR count). The number of halogens is 1. The molecule has 7 heteroatoms. The van der Waals surface area contributed by atoms with Gasteiger partial charge in [0.2, 0.25) is 5.91 Å². The number of rotatable bonds is 8. The Kier molecular flexibility index (Phi) is 7.95. The summed E-state index contributed by atoms with van der Waals surface area (Å²) in [6, 6.07) is 14.0. The molecule has 0 aliphatic heterocycles. The van der Waals surface area contributed by atoms with Crippen LogP contribution in [0.4, 0.5) is 14.9 Å². The lowest BCUT2D eigenvalue weighted by Gasteiger charge is -2.18. The van der Waals surface area contributed by atoms with E-state index in [4.69, 9.17) is 4.74 Å². The molecule has 0 bridgehead atoms. The molecule has 0 fully saturated rings. The Labute approximate surface area is 156 Å². The lowest BCUT2D eigenvalue weighted by Crippen LogP contribution is -2.44. The summed E-state index contributed by atoms with van der Waals surface area (Å²) in [7, 11) is 0. The molecular formula is C19H21FN2O3S. The second-order valence-electron chi connectivity index (χ2n) is 5.54. The summed E-state index contributed by atoms with van der Waals surface area (Å²) in [5.41, 5.74) is 1.32. The Morgan fingerprint density at radius 3 is 2.46 bits per heavy atom. The van der Waals surface area contributed by atoms with Crippen LogP contribution in [-0.4, -0.2) is 30.1 Å². The Morgan fingerprint density at radius 1 is 1.12 bits per heavy atom. The van der Waals surface area contributed by atoms with Crippen LogP contribution in [0.2, 0.25) is 0 Å². The van der Waals surface area contributed by atoms with Crippen molar-refractivity contribution < 1.29 is 18.7 Å². The number of nitrogens with one attached hydrogen (secondary N) is 2. The van der Waals surface area contributed by atoms with Crippen molar-refractivity contribution in [2.75, 3.05) is 17.3 Å². The number of ether oxygens (including phenoxy) is 1. The molecule has 0 unspecified atom stereocenters. The van der Waals surface area contributed by atoms with Gasteiger partial charge in [-0.3, -0.25) is 4.79 Å². The minimum atomic E-state index is -0.740. The topological polar surface area (TPSA) is 67.4 Å². The van der Waals surface area contributed by atoms with E-state index in [2.05, 4.69) is 10.6 Å². The van der Waals surface area contributed by atoms with E-state index in [1.54, 1.807) is 11.8 Å². The molecule has 2 aromatic carbocycles. The molecule has 0 radical (unpaired) electrons. The van der Waals surface area contributed by atoms with E-state index < -0.39 is 12.1 Å². The van der Waals surface area contributed by atoms with Crippen molar-refractivity contribution in [3.8, 4) is 0 Å². The van der Waals surface area contributed by atoms with E-state index >= 15 is 0 Å². The zero-order chi connectivity index (χ0) is 18.8. The zero-order valence-corrected chi connectivity index (χ0v) is 15.2. The number of amides is 2. The van der Waals surface area contributed by atoms with Crippen molar-refractivity contribution in [1.29, 1.82) is 0 Å². The maximum atomic E-state index is 13.0. The molecule has 0 saturated heterocycles. The molecule has 26 heavy (non-hydrogen) atoms. The fourth-order valence-corrected chi connectivity index (χ4v) is 2.65. The third-order valence-corrected chi connectivity index (χ3v) is 4.19. The summed E-state index contributed by atoms with van der Waals surface area (Å²) < 4.78 is 18.1. The summed E-state index contributed by atoms with van der Waals surface area (Å²) in [6.07, 6.45) is 1.71. The van der Waals surface area contributed by atoms with Crippen molar-refractivity contribution in [1.82, 2.24) is 5.32 Å². The van der Waals surface area contributed by atoms with Crippen molar-refractivity contribution in [3.05, 3.63) is 66.0 Å². The Morgan fingerprint density at radius 2 is 1.81 bits per heavy atom. The quantitative estimate of drug-likeness (QED) is 0.735. The van der Waals surface area contributed by atoms with Gasteiger partial charge in [-0.15, -0.1) is 0 Å². The molecule has 5 nitrogen and oxygen atoms in total. The molecule has 0 aliphatic carbocycles. The highest BCUT2D eigenvalue weighted by Gasteiger charge is 2.21. The zero-order valence-electron chi connectivity index (χ0n) is 14.4. The lowest BCUT2D eigenvalue weighted by atomic mass is 10.2. The molecular weight excluding hydrogens is 355 g/mol. The van der Waals surface area contributed by atoms with Gasteiger partial charge in [-0.05, 0) is 48.3 Å². The summed E-state index contributed by atoms with van der Waals surface area (Å²) in [6.45, 7) is 0.126. The van der Waals surface area contributed by atoms with Crippen LogP contribution in [0.5, 0.6) is 0 Å². The maximum absolute atomic E-state index is 13.0. The summed E-state index contributed by atoms with van der Waals surface area (Å²) in [5.74, 6) is -0.0626. The van der Waals surface area contributed by atoms with E-state index in [1.165, 1.54) is 24.3 Å². The van der Waals surface area contributed by atoms with E-state index in [0.29, 0.717) is 17.9 Å². The smallest absolute Gasteiger partial charge is 0.408 e. The average Bonchev–Trinajstić information content (AvgIpc) is 2.66. The summed E-state index contributed by atoms with van der Waals surface area (Å²) in [5, 5.41) is 5.27. The van der Waals surface area contributed by atoms with Crippen LogP contribution in [0.3, 0.4) is 0 Å². The fourth-order valence-electron chi connectivity index (χ4n) is 2.17. The van der Waals surface area contributed by atoms with Gasteiger partial charge in [0.05, 0.1) is 0 Å². The lowest BCUT2D eigenvalue weighted by molar-refractivity contribution is -0.118. The fraction of sp³-hybridized carbons (Fsp3) is 0.263. The van der Waals surface area contributed by atoms with Gasteiger partial charge in [-0.25, -0.2) is 9.18 Å². The molecule has 1 atom stereocenters. The molecule has 2 amide bonds. The van der Waals surface area contributed by atoms with E-state index in [0.717, 1.165) is 5.56 Å². The summed E-state index contributed by atoms with van der Waals surface area (Å²) in [4.78, 5) is 24.5. The minimum absolute atomic E-state index is 0.126. The van der Waals surface area contributed by atoms with Crippen LogP contribution in [0, 0.1) is 5.82 Å². The van der Waals surface area contributed by atoms with Gasteiger partial charge in [0, 0.05) is 5.69 Å². The highest BCUT2D eigenvalue weighted by Crippen LogP contribution is 2.10. The van der Waals surface area contributed by atoms with Crippen LogP contribution in [0.15, 0.2) is 54.6 Å². The average molecular weight is 376 g/mol. The molecule has 0 saturated carbocycles. The molecule has 2 N–H and O–H groups in total. The first-order valence-corrected chi connectivity index (χ1v) is 9.50. The van der Waals surface area contributed by atoms with Gasteiger partial charge < -0.3 is 15.4 Å². The first-order chi connectivity index (χ1) is 12.6. The van der Waals surface area contributed by atoms with Gasteiger partial charge in [0.15, 0.2) is 0 Å². The molecule has 0 aromatic heterocycles. The third kappa shape index (κ3) is 6.76. The Hall–Kier alpha value is -2.54. The molecule has 2 aromatic rings. The number of anilines is 1. The first-order valence-electron chi connectivity index (χ1n) is 8.11. The largest absolute Gasteiger partial charge is 0.445 e. The van der Waals surface area contributed by atoms with E-state index in [-0.39, 0.29) is 18.3 Å². The predicted molar refractivity (Wildman–Crippen MR) is 102 cm³/mol. The number of benzene rings is 2. The molecule has 0 spiro atoms. The number of hydrogen-bond donors (Lipinski definition) is 2. The monoisotopic (exact) mass is 376 g/mol. The number of hydrogen-bond acceptors (Lipinski definition) is 4. The van der Waals surface area contributed by atoms with Gasteiger partial charge in [0.1, 0.15) is 18.5 Å². The first kappa shape index (κ1) is 19.8. The number of thioether (sulfide) groups is 1. The number of alkyl carbamates (subject to hydrolysis) is 1. The van der Waals surface area contributed by atoms with Crippen molar-refractivity contribution in [2.45, 2.75) is 19.1 Å². The standard InChI is InChI=1S/C19H21FN2O3S/c1-26-12-11-17(18(23)21-16-9-7-15(20)8-10-16)22-19(24)25-13-14-5-3-2-4-6-14/h2-10,17H,11-13H2,1H3,(H,21,23)(H,22,24)/t17-/m0/s1. The minimum Gasteiger partial charge on any atom is -0.445 e. The van der Waals surface area contributed by atoms with Gasteiger partial charge >= 0.3 is 6.09 Å². The van der Waals surface area contributed by atoms with Crippen molar-refractivity contribution in [2.24, 2.45) is 0 Å². The molecule has 138 valence electrons. The normalized spacial score (nSPS) is 11.5. The Bertz CT molecular complexity index is 710. The van der Waals surface area contributed by atoms with Crippen molar-refractivity contribution in [3.63, 3.8) is 0 Å². The Balaban J connectivity index is 1.91. The van der Waals surface area contributed by atoms with E-state index in [1.807, 2.05) is 36.6 Å². The highest BCUT2D eigenvalue weighted by atomic mass is 32.2. The number of carbonyl (C=O) groups excluding carboxylic acids is 2. The predicted octanol–water partition coefficient (Wildman–Crippen LogP) is 3.81.